The van der Waals surface area contributed by atoms with Gasteiger partial charge in [-0.25, -0.2) is 8.42 Å². The Kier molecular flexibility index (Phi) is 6.94. The van der Waals surface area contributed by atoms with E-state index in [4.69, 9.17) is 0 Å². The van der Waals surface area contributed by atoms with E-state index >= 15 is 0 Å². The molecule has 1 aromatic carbocycles. The number of nitrogens with zero attached hydrogens (tertiary/aromatic N) is 2. The van der Waals surface area contributed by atoms with Crippen molar-refractivity contribution in [2.45, 2.75) is 43.5 Å². The number of nitrogens with one attached hydrogen (secondary N) is 1. The van der Waals surface area contributed by atoms with Crippen LogP contribution in [0.5, 0.6) is 0 Å². The van der Waals surface area contributed by atoms with E-state index < -0.39 is 10.0 Å². The molecule has 2 atom stereocenters. The molecule has 3 rings (SSSR count). The maximum absolute atomic E-state index is 12.8. The maximum Gasteiger partial charge on any atom is 0.243 e. The highest BCUT2D eigenvalue weighted by atomic mass is 79.9. The third kappa shape index (κ3) is 5.31. The van der Waals surface area contributed by atoms with Gasteiger partial charge in [-0.15, -0.1) is 0 Å². The van der Waals surface area contributed by atoms with Crippen molar-refractivity contribution in [3.8, 4) is 0 Å². The van der Waals surface area contributed by atoms with Crippen LogP contribution < -0.4 is 5.32 Å². The molecule has 2 fully saturated rings. The summed E-state index contributed by atoms with van der Waals surface area (Å²) in [5.74, 6) is 0.590. The standard InChI is InChI=1S/C19H28BrN3O3S/c1-15-5-2-3-8-18(15)21-19(24)14-22-9-11-23(12-10-22)27(25,26)17-7-4-6-16(20)13-17/h4,6-7,13,15,18H,2-3,5,8-12,14H2,1H3,(H,21,24)/t15-,18+/m1/s1. The van der Waals surface area contributed by atoms with Gasteiger partial charge >= 0.3 is 0 Å². The SMILES string of the molecule is C[C@@H]1CCCC[C@@H]1NC(=O)CN1CCN(S(=O)(=O)c2cccc(Br)c2)CC1. The number of piperazine rings is 1. The van der Waals surface area contributed by atoms with E-state index in [1.807, 2.05) is 11.0 Å². The first kappa shape index (κ1) is 20.8. The van der Waals surface area contributed by atoms with Crippen LogP contribution in [0.3, 0.4) is 0 Å². The first-order valence-electron chi connectivity index (χ1n) is 9.64. The van der Waals surface area contributed by atoms with Gasteiger partial charge in [0.1, 0.15) is 0 Å². The van der Waals surface area contributed by atoms with Gasteiger partial charge in [-0.1, -0.05) is 41.8 Å². The summed E-state index contributed by atoms with van der Waals surface area (Å²) >= 11 is 3.32. The van der Waals surface area contributed by atoms with Crippen LogP contribution in [0.15, 0.2) is 33.6 Å². The van der Waals surface area contributed by atoms with Gasteiger partial charge in [0.25, 0.3) is 0 Å². The topological polar surface area (TPSA) is 69.7 Å². The van der Waals surface area contributed by atoms with E-state index in [1.54, 1.807) is 18.2 Å². The Morgan fingerprint density at radius 2 is 1.89 bits per heavy atom. The van der Waals surface area contributed by atoms with E-state index in [1.165, 1.54) is 23.6 Å². The van der Waals surface area contributed by atoms with Crippen LogP contribution in [0.1, 0.15) is 32.6 Å². The lowest BCUT2D eigenvalue weighted by Crippen LogP contribution is -2.52. The van der Waals surface area contributed by atoms with Crippen LogP contribution in [-0.4, -0.2) is 62.3 Å². The van der Waals surface area contributed by atoms with Crippen molar-refractivity contribution < 1.29 is 13.2 Å². The molecule has 1 heterocycles. The van der Waals surface area contributed by atoms with Gasteiger partial charge in [-0.3, -0.25) is 9.69 Å². The molecule has 0 radical (unpaired) electrons. The van der Waals surface area contributed by atoms with Crippen LogP contribution in [0.4, 0.5) is 0 Å². The van der Waals surface area contributed by atoms with Crippen molar-refractivity contribution in [2.75, 3.05) is 32.7 Å². The molecule has 1 aromatic rings. The fourth-order valence-electron chi connectivity index (χ4n) is 3.89. The molecule has 1 N–H and O–H groups in total. The van der Waals surface area contributed by atoms with E-state index in [9.17, 15) is 13.2 Å². The van der Waals surface area contributed by atoms with Crippen LogP contribution in [0.25, 0.3) is 0 Å². The van der Waals surface area contributed by atoms with Gasteiger partial charge in [0.2, 0.25) is 15.9 Å². The molecule has 27 heavy (non-hydrogen) atoms. The second kappa shape index (κ2) is 9.03. The van der Waals surface area contributed by atoms with Crippen LogP contribution >= 0.6 is 15.9 Å². The molecule has 1 aliphatic carbocycles. The van der Waals surface area contributed by atoms with Crippen molar-refractivity contribution in [3.63, 3.8) is 0 Å². The number of hydrogen-bond donors (Lipinski definition) is 1. The predicted molar refractivity (Wildman–Crippen MR) is 109 cm³/mol. The van der Waals surface area contributed by atoms with Crippen molar-refractivity contribution >= 4 is 31.9 Å². The molecular weight excluding hydrogens is 430 g/mol. The Balaban J connectivity index is 1.50. The number of halogens is 1. The quantitative estimate of drug-likeness (QED) is 0.736. The van der Waals surface area contributed by atoms with Crippen molar-refractivity contribution in [2.24, 2.45) is 5.92 Å². The summed E-state index contributed by atoms with van der Waals surface area (Å²) in [4.78, 5) is 14.7. The Morgan fingerprint density at radius 3 is 2.56 bits per heavy atom. The minimum absolute atomic E-state index is 0.0528. The Hall–Kier alpha value is -0.960. The number of carbonyl (C=O) groups is 1. The van der Waals surface area contributed by atoms with Gasteiger partial charge < -0.3 is 5.32 Å². The first-order chi connectivity index (χ1) is 12.9. The predicted octanol–water partition coefficient (Wildman–Crippen LogP) is 2.45. The average Bonchev–Trinajstić information content (AvgIpc) is 2.64. The molecule has 2 aliphatic rings. The first-order valence-corrected chi connectivity index (χ1v) is 11.9. The van der Waals surface area contributed by atoms with Crippen LogP contribution in [-0.2, 0) is 14.8 Å². The summed E-state index contributed by atoms with van der Waals surface area (Å²) in [5, 5.41) is 3.17. The number of rotatable bonds is 5. The highest BCUT2D eigenvalue weighted by molar-refractivity contribution is 9.10. The van der Waals surface area contributed by atoms with Crippen molar-refractivity contribution in [3.05, 3.63) is 28.7 Å². The molecule has 1 saturated carbocycles. The lowest BCUT2D eigenvalue weighted by atomic mass is 9.86. The van der Waals surface area contributed by atoms with E-state index in [2.05, 4.69) is 28.2 Å². The van der Waals surface area contributed by atoms with Gasteiger partial charge in [-0.2, -0.15) is 4.31 Å². The van der Waals surface area contributed by atoms with Gasteiger partial charge in [-0.05, 0) is 37.0 Å². The second-order valence-electron chi connectivity index (χ2n) is 7.57. The summed E-state index contributed by atoms with van der Waals surface area (Å²) in [5.41, 5.74) is 0. The number of amides is 1. The molecule has 150 valence electrons. The highest BCUT2D eigenvalue weighted by Crippen LogP contribution is 2.24. The Morgan fingerprint density at radius 1 is 1.19 bits per heavy atom. The van der Waals surface area contributed by atoms with Gasteiger partial charge in [0, 0.05) is 36.7 Å². The Bertz CT molecular complexity index is 763. The molecule has 1 saturated heterocycles. The fraction of sp³-hybridized carbons (Fsp3) is 0.632. The number of hydrogen-bond acceptors (Lipinski definition) is 4. The molecular formula is C19H28BrN3O3S. The van der Waals surface area contributed by atoms with Crippen LogP contribution in [0.2, 0.25) is 0 Å². The van der Waals surface area contributed by atoms with Gasteiger partial charge in [0.05, 0.1) is 11.4 Å². The molecule has 0 spiro atoms. The summed E-state index contributed by atoms with van der Waals surface area (Å²) in [6.07, 6.45) is 4.67. The van der Waals surface area contributed by atoms with Gasteiger partial charge in [0.15, 0.2) is 0 Å². The summed E-state index contributed by atoms with van der Waals surface area (Å²) in [6.45, 7) is 4.50. The Labute approximate surface area is 170 Å². The number of benzene rings is 1. The minimum Gasteiger partial charge on any atom is -0.352 e. The molecule has 6 nitrogen and oxygen atoms in total. The van der Waals surface area contributed by atoms with E-state index in [0.717, 1.165) is 10.9 Å². The molecule has 0 bridgehead atoms. The largest absolute Gasteiger partial charge is 0.352 e. The highest BCUT2D eigenvalue weighted by Gasteiger charge is 2.30. The monoisotopic (exact) mass is 457 g/mol. The lowest BCUT2D eigenvalue weighted by Gasteiger charge is -2.34. The van der Waals surface area contributed by atoms with Crippen molar-refractivity contribution in [1.29, 1.82) is 0 Å². The normalized spacial score (nSPS) is 25.3. The summed E-state index contributed by atoms with van der Waals surface area (Å²) in [7, 11) is -3.49. The van der Waals surface area contributed by atoms with E-state index in [-0.39, 0.29) is 11.9 Å². The number of carbonyl (C=O) groups excluding carboxylic acids is 1. The minimum atomic E-state index is -3.49. The fourth-order valence-corrected chi connectivity index (χ4v) is 5.91. The summed E-state index contributed by atoms with van der Waals surface area (Å²) < 4.78 is 27.8. The second-order valence-corrected chi connectivity index (χ2v) is 10.4. The average molecular weight is 458 g/mol. The maximum atomic E-state index is 12.8. The van der Waals surface area contributed by atoms with E-state index in [0.29, 0.717) is 43.5 Å². The zero-order valence-electron chi connectivity index (χ0n) is 15.7. The third-order valence-corrected chi connectivity index (χ3v) is 7.98. The molecule has 0 unspecified atom stereocenters. The molecule has 0 aromatic heterocycles. The molecule has 8 heteroatoms. The lowest BCUT2D eigenvalue weighted by molar-refractivity contribution is -0.123. The molecule has 1 amide bonds. The van der Waals surface area contributed by atoms with Crippen LogP contribution in [0, 0.1) is 5.92 Å². The zero-order valence-corrected chi connectivity index (χ0v) is 18.1. The third-order valence-electron chi connectivity index (χ3n) is 5.59. The molecule has 1 aliphatic heterocycles. The number of sulfonamides is 1. The van der Waals surface area contributed by atoms with Crippen molar-refractivity contribution in [1.82, 2.24) is 14.5 Å². The zero-order chi connectivity index (χ0) is 19.4. The smallest absolute Gasteiger partial charge is 0.243 e. The summed E-state index contributed by atoms with van der Waals surface area (Å²) in [6, 6.07) is 7.06.